The Morgan fingerprint density at radius 3 is 1.84 bits per heavy atom. The number of quaternary nitrogens is 1. The summed E-state index contributed by atoms with van der Waals surface area (Å²) < 4.78 is 23.1. The van der Waals surface area contributed by atoms with E-state index >= 15 is 0 Å². The summed E-state index contributed by atoms with van der Waals surface area (Å²) >= 11 is 0. The minimum absolute atomic E-state index is 0.0109. The normalized spacial score (nSPS) is 15.2. The molecule has 0 heterocycles. The van der Waals surface area contributed by atoms with Crippen LogP contribution in [0.5, 0.6) is 0 Å². The lowest BCUT2D eigenvalue weighted by Crippen LogP contribution is -2.45. The van der Waals surface area contributed by atoms with Gasteiger partial charge in [0.25, 0.3) is 7.82 Å². The smallest absolute Gasteiger partial charge is 0.268 e. The molecule has 0 rings (SSSR count). The fourth-order valence-electron chi connectivity index (χ4n) is 5.06. The number of amides is 1. The van der Waals surface area contributed by atoms with Crippen LogP contribution >= 0.6 is 7.82 Å². The number of unbranched alkanes of at least 4 members (excludes halogenated alkanes) is 15. The Morgan fingerprint density at radius 2 is 1.22 bits per heavy atom. The Kier molecular flexibility index (Phi) is 31.4. The second-order valence-corrected chi connectivity index (χ2v) is 15.7. The van der Waals surface area contributed by atoms with Gasteiger partial charge < -0.3 is 28.8 Å². The molecular weight excluding hydrogens is 635 g/mol. The van der Waals surface area contributed by atoms with Crippen LogP contribution in [-0.4, -0.2) is 68.5 Å². The van der Waals surface area contributed by atoms with Gasteiger partial charge in [0.05, 0.1) is 39.9 Å². The number of allylic oxidation sites excluding steroid dienone is 7. The average Bonchev–Trinajstić information content (AvgIpc) is 3.04. The minimum atomic E-state index is -4.59. The number of hydrogen-bond acceptors (Lipinski definition) is 6. The molecule has 3 unspecified atom stereocenters. The number of aliphatic hydroxyl groups is 1. The summed E-state index contributed by atoms with van der Waals surface area (Å²) in [7, 11) is 1.22. The summed E-state index contributed by atoms with van der Waals surface area (Å²) in [4.78, 5) is 25.1. The van der Waals surface area contributed by atoms with Gasteiger partial charge in [0.2, 0.25) is 5.91 Å². The standard InChI is InChI=1S/C40H75N2O6P/c1-6-8-10-12-14-16-18-20-22-24-26-28-30-32-34-40(44)41-38(37-48-49(45,46)47-36-35-42(3,4)5)39(43)33-31-29-27-25-23-21-19-17-15-13-11-9-7-2/h12,14,18,20,23,25,31,33,38-39,43H,6-11,13,15-17,19,21-22,24,26-30,32,34-37H2,1-5H3,(H-,41,44,45,46)/b14-12-,20-18-,25-23+,33-31+. The molecule has 286 valence electrons. The van der Waals surface area contributed by atoms with Crippen molar-refractivity contribution in [2.24, 2.45) is 0 Å². The minimum Gasteiger partial charge on any atom is -0.756 e. The highest BCUT2D eigenvalue weighted by Crippen LogP contribution is 2.38. The van der Waals surface area contributed by atoms with Crippen molar-refractivity contribution in [3.63, 3.8) is 0 Å². The molecule has 2 N–H and O–H groups in total. The molecule has 3 atom stereocenters. The van der Waals surface area contributed by atoms with E-state index in [-0.39, 0.29) is 12.5 Å². The summed E-state index contributed by atoms with van der Waals surface area (Å²) in [5, 5.41) is 13.7. The van der Waals surface area contributed by atoms with Crippen LogP contribution in [0, 0.1) is 0 Å². The van der Waals surface area contributed by atoms with Crippen LogP contribution in [0.2, 0.25) is 0 Å². The van der Waals surface area contributed by atoms with Crippen LogP contribution in [-0.2, 0) is 18.4 Å². The van der Waals surface area contributed by atoms with E-state index in [2.05, 4.69) is 55.6 Å². The van der Waals surface area contributed by atoms with Gasteiger partial charge in [-0.15, -0.1) is 0 Å². The first-order chi connectivity index (χ1) is 23.5. The number of aliphatic hydroxyl groups excluding tert-OH is 1. The van der Waals surface area contributed by atoms with Crippen LogP contribution < -0.4 is 10.2 Å². The van der Waals surface area contributed by atoms with E-state index < -0.39 is 26.6 Å². The Hall–Kier alpha value is -1.54. The fourth-order valence-corrected chi connectivity index (χ4v) is 5.79. The number of phosphoric ester groups is 1. The van der Waals surface area contributed by atoms with Gasteiger partial charge in [0, 0.05) is 6.42 Å². The van der Waals surface area contributed by atoms with Gasteiger partial charge in [-0.25, -0.2) is 0 Å². The number of phosphoric acid groups is 1. The summed E-state index contributed by atoms with van der Waals surface area (Å²) in [6.07, 6.45) is 38.6. The largest absolute Gasteiger partial charge is 0.756 e. The first kappa shape index (κ1) is 47.5. The Morgan fingerprint density at radius 1 is 0.714 bits per heavy atom. The van der Waals surface area contributed by atoms with Crippen molar-refractivity contribution in [2.75, 3.05) is 40.9 Å². The molecule has 0 aromatic rings. The lowest BCUT2D eigenvalue weighted by Gasteiger charge is -2.29. The number of nitrogens with one attached hydrogen (secondary N) is 1. The maximum atomic E-state index is 12.8. The van der Waals surface area contributed by atoms with Crippen molar-refractivity contribution >= 4 is 13.7 Å². The lowest BCUT2D eigenvalue weighted by atomic mass is 10.1. The molecule has 0 saturated carbocycles. The first-order valence-electron chi connectivity index (χ1n) is 19.5. The number of rotatable bonds is 34. The van der Waals surface area contributed by atoms with E-state index in [0.29, 0.717) is 17.4 Å². The van der Waals surface area contributed by atoms with Crippen LogP contribution in [0.4, 0.5) is 0 Å². The molecule has 9 heteroatoms. The molecule has 0 aromatic heterocycles. The number of carbonyl (C=O) groups is 1. The van der Waals surface area contributed by atoms with Crippen molar-refractivity contribution in [3.05, 3.63) is 48.6 Å². The van der Waals surface area contributed by atoms with Crippen LogP contribution in [0.3, 0.4) is 0 Å². The third-order valence-electron chi connectivity index (χ3n) is 8.26. The van der Waals surface area contributed by atoms with Gasteiger partial charge in [0.15, 0.2) is 0 Å². The SMILES string of the molecule is CCCC/C=C\C/C=C\CCCCCCCC(=O)NC(COP(=O)([O-])OCC[N+](C)(C)C)C(O)/C=C/CC/C=C/CCCCCCCCC. The molecule has 0 spiro atoms. The molecule has 0 aliphatic carbocycles. The topological polar surface area (TPSA) is 108 Å². The zero-order valence-corrected chi connectivity index (χ0v) is 33.0. The van der Waals surface area contributed by atoms with E-state index in [1.807, 2.05) is 27.2 Å². The van der Waals surface area contributed by atoms with Crippen LogP contribution in [0.1, 0.15) is 149 Å². The molecule has 0 aromatic carbocycles. The molecule has 0 aliphatic heterocycles. The van der Waals surface area contributed by atoms with E-state index in [0.717, 1.165) is 64.2 Å². The highest BCUT2D eigenvalue weighted by Gasteiger charge is 2.23. The Labute approximate surface area is 301 Å². The number of nitrogens with zero attached hydrogens (tertiary/aromatic N) is 1. The number of likely N-dealkylation sites (N-methyl/N-ethyl adjacent to an activating group) is 1. The molecule has 0 aliphatic rings. The monoisotopic (exact) mass is 711 g/mol. The van der Waals surface area contributed by atoms with Gasteiger partial charge in [0.1, 0.15) is 13.2 Å². The molecule has 0 radical (unpaired) electrons. The molecule has 8 nitrogen and oxygen atoms in total. The number of hydrogen-bond donors (Lipinski definition) is 2. The van der Waals surface area contributed by atoms with Crippen molar-refractivity contribution in [1.29, 1.82) is 0 Å². The molecule has 0 saturated heterocycles. The molecule has 0 fully saturated rings. The Balaban J connectivity index is 4.62. The van der Waals surface area contributed by atoms with Crippen LogP contribution in [0.15, 0.2) is 48.6 Å². The third kappa shape index (κ3) is 34.7. The van der Waals surface area contributed by atoms with E-state index in [1.165, 1.54) is 64.2 Å². The second kappa shape index (κ2) is 32.4. The highest BCUT2D eigenvalue weighted by molar-refractivity contribution is 7.45. The molecular formula is C40H75N2O6P. The second-order valence-electron chi connectivity index (χ2n) is 14.3. The molecule has 0 bridgehead atoms. The van der Waals surface area contributed by atoms with Crippen molar-refractivity contribution in [1.82, 2.24) is 5.32 Å². The predicted octanol–water partition coefficient (Wildman–Crippen LogP) is 9.50. The van der Waals surface area contributed by atoms with Crippen molar-refractivity contribution < 1.29 is 32.9 Å². The summed E-state index contributed by atoms with van der Waals surface area (Å²) in [6, 6.07) is -0.908. The van der Waals surface area contributed by atoms with Gasteiger partial charge >= 0.3 is 0 Å². The molecule has 49 heavy (non-hydrogen) atoms. The van der Waals surface area contributed by atoms with Crippen molar-refractivity contribution in [3.8, 4) is 0 Å². The summed E-state index contributed by atoms with van der Waals surface area (Å²) in [5.41, 5.74) is 0. The summed E-state index contributed by atoms with van der Waals surface area (Å²) in [6.45, 7) is 4.53. The number of carbonyl (C=O) groups excluding carboxylic acids is 1. The van der Waals surface area contributed by atoms with Gasteiger partial charge in [-0.05, 0) is 57.8 Å². The van der Waals surface area contributed by atoms with E-state index in [1.54, 1.807) is 6.08 Å². The zero-order chi connectivity index (χ0) is 36.5. The van der Waals surface area contributed by atoms with E-state index in [4.69, 9.17) is 9.05 Å². The van der Waals surface area contributed by atoms with Gasteiger partial charge in [-0.1, -0.05) is 133 Å². The van der Waals surface area contributed by atoms with E-state index in [9.17, 15) is 19.4 Å². The lowest BCUT2D eigenvalue weighted by molar-refractivity contribution is -0.870. The Bertz CT molecular complexity index is 944. The van der Waals surface area contributed by atoms with Gasteiger partial charge in [-0.2, -0.15) is 0 Å². The maximum Gasteiger partial charge on any atom is 0.268 e. The first-order valence-corrected chi connectivity index (χ1v) is 21.0. The van der Waals surface area contributed by atoms with Crippen LogP contribution in [0.25, 0.3) is 0 Å². The maximum absolute atomic E-state index is 12.8. The van der Waals surface area contributed by atoms with Gasteiger partial charge in [-0.3, -0.25) is 9.36 Å². The fraction of sp³-hybridized carbons (Fsp3) is 0.775. The zero-order valence-electron chi connectivity index (χ0n) is 32.1. The highest BCUT2D eigenvalue weighted by atomic mass is 31.2. The third-order valence-corrected chi connectivity index (χ3v) is 9.23. The van der Waals surface area contributed by atoms with Crippen molar-refractivity contribution in [2.45, 2.75) is 161 Å². The molecule has 1 amide bonds. The summed E-state index contributed by atoms with van der Waals surface area (Å²) in [5.74, 6) is -0.226. The predicted molar refractivity (Wildman–Crippen MR) is 205 cm³/mol. The quantitative estimate of drug-likeness (QED) is 0.0298. The average molecular weight is 711 g/mol.